The summed E-state index contributed by atoms with van der Waals surface area (Å²) in [6, 6.07) is -0.0354. The fourth-order valence-electron chi connectivity index (χ4n) is 3.38. The van der Waals surface area contributed by atoms with Gasteiger partial charge in [0, 0.05) is 51.5 Å². The monoisotopic (exact) mass is 377 g/mol. The van der Waals surface area contributed by atoms with Crippen molar-refractivity contribution in [3.05, 3.63) is 29.8 Å². The molecule has 2 atom stereocenters. The van der Waals surface area contributed by atoms with E-state index in [1.165, 1.54) is 0 Å². The van der Waals surface area contributed by atoms with Crippen molar-refractivity contribution in [2.75, 3.05) is 20.1 Å². The number of hydrogen-bond donors (Lipinski definition) is 0. The molecule has 0 N–H and O–H groups in total. The summed E-state index contributed by atoms with van der Waals surface area (Å²) < 4.78 is 17.5. The molecule has 0 aromatic carbocycles. The Morgan fingerprint density at radius 1 is 1.37 bits per heavy atom. The van der Waals surface area contributed by atoms with Crippen LogP contribution in [0, 0.1) is 0 Å². The maximum Gasteiger partial charge on any atom is 0.275 e. The van der Waals surface area contributed by atoms with Gasteiger partial charge in [-0.25, -0.2) is 9.07 Å². The summed E-state index contributed by atoms with van der Waals surface area (Å²) in [4.78, 5) is 16.4. The van der Waals surface area contributed by atoms with E-state index in [2.05, 4.69) is 20.3 Å². The second-order valence-electron chi connectivity index (χ2n) is 8.34. The second kappa shape index (κ2) is 7.38. The minimum absolute atomic E-state index is 0.0354. The highest BCUT2D eigenvalue weighted by atomic mass is 19.1. The SMILES string of the molecule is CN(C[C@@H]1C[C@H](F)CN1Cc1cnn(C)c1)C(=O)c1cn(C(C)(C)C)nn1. The largest absolute Gasteiger partial charge is 0.339 e. The quantitative estimate of drug-likeness (QED) is 0.789. The van der Waals surface area contributed by atoms with Crippen molar-refractivity contribution >= 4 is 5.91 Å². The molecule has 8 nitrogen and oxygen atoms in total. The summed E-state index contributed by atoms with van der Waals surface area (Å²) in [5.74, 6) is -0.200. The van der Waals surface area contributed by atoms with E-state index in [-0.39, 0.29) is 17.5 Å². The predicted octanol–water partition coefficient (Wildman–Crippen LogP) is 1.45. The molecule has 3 heterocycles. The Morgan fingerprint density at radius 2 is 2.11 bits per heavy atom. The van der Waals surface area contributed by atoms with E-state index in [0.29, 0.717) is 31.7 Å². The Morgan fingerprint density at radius 3 is 2.70 bits per heavy atom. The van der Waals surface area contributed by atoms with Crippen LogP contribution in [-0.2, 0) is 19.1 Å². The number of alkyl halides is 1. The van der Waals surface area contributed by atoms with Gasteiger partial charge in [-0.3, -0.25) is 14.4 Å². The summed E-state index contributed by atoms with van der Waals surface area (Å²) in [7, 11) is 3.59. The molecule has 1 aliphatic rings. The molecule has 0 saturated carbocycles. The molecule has 9 heteroatoms. The van der Waals surface area contributed by atoms with Crippen LogP contribution in [0.1, 0.15) is 43.2 Å². The third-order valence-corrected chi connectivity index (χ3v) is 4.85. The minimum atomic E-state index is -0.878. The number of likely N-dealkylation sites (tertiary alicyclic amines) is 1. The summed E-state index contributed by atoms with van der Waals surface area (Å²) in [5.41, 5.74) is 1.11. The van der Waals surface area contributed by atoms with Gasteiger partial charge in [0.2, 0.25) is 0 Å². The Balaban J connectivity index is 1.65. The van der Waals surface area contributed by atoms with Crippen molar-refractivity contribution in [1.29, 1.82) is 0 Å². The molecule has 0 spiro atoms. The summed E-state index contributed by atoms with van der Waals surface area (Å²) >= 11 is 0. The van der Waals surface area contributed by atoms with Gasteiger partial charge in [0.05, 0.1) is 17.9 Å². The smallest absolute Gasteiger partial charge is 0.275 e. The van der Waals surface area contributed by atoms with Crippen molar-refractivity contribution in [3.63, 3.8) is 0 Å². The van der Waals surface area contributed by atoms with Gasteiger partial charge in [0.15, 0.2) is 5.69 Å². The van der Waals surface area contributed by atoms with Gasteiger partial charge in [-0.15, -0.1) is 5.10 Å². The van der Waals surface area contributed by atoms with Crippen LogP contribution in [0.5, 0.6) is 0 Å². The van der Waals surface area contributed by atoms with E-state index in [9.17, 15) is 9.18 Å². The Bertz CT molecular complexity index is 794. The first-order valence-electron chi connectivity index (χ1n) is 9.17. The Kier molecular flexibility index (Phi) is 5.32. The molecule has 27 heavy (non-hydrogen) atoms. The van der Waals surface area contributed by atoms with Crippen molar-refractivity contribution < 1.29 is 9.18 Å². The fraction of sp³-hybridized carbons (Fsp3) is 0.667. The van der Waals surface area contributed by atoms with Gasteiger partial charge in [0.1, 0.15) is 6.17 Å². The topological polar surface area (TPSA) is 72.1 Å². The molecule has 2 aromatic heterocycles. The van der Waals surface area contributed by atoms with E-state index in [1.807, 2.05) is 34.0 Å². The lowest BCUT2D eigenvalue weighted by Gasteiger charge is -2.27. The number of aryl methyl sites for hydroxylation is 1. The van der Waals surface area contributed by atoms with Crippen molar-refractivity contribution in [2.24, 2.45) is 7.05 Å². The molecule has 1 fully saturated rings. The van der Waals surface area contributed by atoms with Gasteiger partial charge in [0.25, 0.3) is 5.91 Å². The molecule has 1 aliphatic heterocycles. The number of aromatic nitrogens is 5. The average Bonchev–Trinajstić information content (AvgIpc) is 3.28. The Labute approximate surface area is 158 Å². The third-order valence-electron chi connectivity index (χ3n) is 4.85. The van der Waals surface area contributed by atoms with Gasteiger partial charge in [-0.05, 0) is 27.2 Å². The van der Waals surface area contributed by atoms with Gasteiger partial charge in [-0.1, -0.05) is 5.21 Å². The molecule has 2 aromatic rings. The number of carbonyl (C=O) groups excluding carboxylic acids is 1. The van der Waals surface area contributed by atoms with Crippen LogP contribution in [0.15, 0.2) is 18.6 Å². The lowest BCUT2D eigenvalue weighted by atomic mass is 10.1. The lowest BCUT2D eigenvalue weighted by Crippen LogP contribution is -2.41. The molecule has 0 unspecified atom stereocenters. The molecule has 1 saturated heterocycles. The van der Waals surface area contributed by atoms with Crippen LogP contribution in [-0.4, -0.2) is 72.8 Å². The zero-order valence-electron chi connectivity index (χ0n) is 16.6. The number of amides is 1. The molecular weight excluding hydrogens is 349 g/mol. The first-order valence-corrected chi connectivity index (χ1v) is 9.17. The van der Waals surface area contributed by atoms with E-state index >= 15 is 0 Å². The van der Waals surface area contributed by atoms with Gasteiger partial charge >= 0.3 is 0 Å². The zero-order chi connectivity index (χ0) is 19.8. The highest BCUT2D eigenvalue weighted by Gasteiger charge is 2.34. The molecule has 3 rings (SSSR count). The van der Waals surface area contributed by atoms with Crippen LogP contribution in [0.3, 0.4) is 0 Å². The van der Waals surface area contributed by atoms with E-state index < -0.39 is 6.17 Å². The standard InChI is InChI=1S/C18H28FN7O/c1-18(2,3)26-12-16(21-22-26)17(27)23(4)11-15-6-14(19)10-25(15)9-13-7-20-24(5)8-13/h7-8,12,14-15H,6,9-11H2,1-5H3/t14-,15-/m0/s1. The van der Waals surface area contributed by atoms with Crippen LogP contribution in [0.2, 0.25) is 0 Å². The fourth-order valence-corrected chi connectivity index (χ4v) is 3.38. The van der Waals surface area contributed by atoms with E-state index in [0.717, 1.165) is 5.56 Å². The van der Waals surface area contributed by atoms with Gasteiger partial charge in [-0.2, -0.15) is 5.10 Å². The first-order chi connectivity index (χ1) is 12.6. The van der Waals surface area contributed by atoms with Crippen molar-refractivity contribution in [3.8, 4) is 0 Å². The molecule has 0 radical (unpaired) electrons. The van der Waals surface area contributed by atoms with E-state index in [4.69, 9.17) is 0 Å². The van der Waals surface area contributed by atoms with Crippen molar-refractivity contribution in [1.82, 2.24) is 34.6 Å². The molecule has 0 bridgehead atoms. The van der Waals surface area contributed by atoms with Crippen LogP contribution < -0.4 is 0 Å². The average molecular weight is 377 g/mol. The number of halogens is 1. The Hall–Kier alpha value is -2.29. The first kappa shape index (κ1) is 19.5. The maximum absolute atomic E-state index is 14.0. The highest BCUT2D eigenvalue weighted by molar-refractivity contribution is 5.91. The molecular formula is C18H28FN7O. The van der Waals surface area contributed by atoms with Crippen molar-refractivity contribution in [2.45, 2.75) is 51.5 Å². The van der Waals surface area contributed by atoms with E-state index in [1.54, 1.807) is 33.7 Å². The number of hydrogen-bond acceptors (Lipinski definition) is 5. The number of likely N-dealkylation sites (N-methyl/N-ethyl adjacent to an activating group) is 1. The summed E-state index contributed by atoms with van der Waals surface area (Å²) in [5, 5.41) is 12.2. The van der Waals surface area contributed by atoms with Gasteiger partial charge < -0.3 is 4.90 Å². The molecule has 148 valence electrons. The predicted molar refractivity (Wildman–Crippen MR) is 98.9 cm³/mol. The zero-order valence-corrected chi connectivity index (χ0v) is 16.6. The highest BCUT2D eigenvalue weighted by Crippen LogP contribution is 2.23. The minimum Gasteiger partial charge on any atom is -0.339 e. The maximum atomic E-state index is 14.0. The van der Waals surface area contributed by atoms with Crippen LogP contribution in [0.25, 0.3) is 0 Å². The third kappa shape index (κ3) is 4.52. The molecule has 0 aliphatic carbocycles. The summed E-state index contributed by atoms with van der Waals surface area (Å²) in [6.45, 7) is 7.44. The second-order valence-corrected chi connectivity index (χ2v) is 8.34. The lowest BCUT2D eigenvalue weighted by molar-refractivity contribution is 0.0744. The van der Waals surface area contributed by atoms with Crippen LogP contribution in [0.4, 0.5) is 4.39 Å². The number of nitrogens with zero attached hydrogens (tertiary/aromatic N) is 7. The molecule has 1 amide bonds. The summed E-state index contributed by atoms with van der Waals surface area (Å²) in [6.07, 6.45) is 4.94. The van der Waals surface area contributed by atoms with Crippen LogP contribution >= 0.6 is 0 Å². The normalized spacial score (nSPS) is 21.0. The number of rotatable bonds is 5. The number of carbonyl (C=O) groups is 1.